The predicted octanol–water partition coefficient (Wildman–Crippen LogP) is 0.123. The van der Waals surface area contributed by atoms with Gasteiger partial charge in [0.15, 0.2) is 0 Å². The molecule has 0 spiro atoms. The lowest BCUT2D eigenvalue weighted by atomic mass is 10.1. The van der Waals surface area contributed by atoms with Gasteiger partial charge in [-0.25, -0.2) is 4.79 Å². The molecule has 81 valence electrons. The second kappa shape index (κ2) is 4.26. The van der Waals surface area contributed by atoms with Crippen molar-refractivity contribution in [2.45, 2.75) is 18.9 Å². The molecule has 0 saturated carbocycles. The number of allylic oxidation sites excluding steroid dienone is 2. The summed E-state index contributed by atoms with van der Waals surface area (Å²) in [5, 5.41) is 0.708. The second-order valence-electron chi connectivity index (χ2n) is 3.32. The van der Waals surface area contributed by atoms with Crippen molar-refractivity contribution in [2.75, 3.05) is 0 Å². The molecule has 1 unspecified atom stereocenters. The Bertz CT molecular complexity index is 427. The molecule has 16 heavy (non-hydrogen) atoms. The lowest BCUT2D eigenvalue weighted by Crippen LogP contribution is -2.34. The van der Waals surface area contributed by atoms with Crippen molar-refractivity contribution in [2.24, 2.45) is 0 Å². The maximum absolute atomic E-state index is 11.3. The van der Waals surface area contributed by atoms with Crippen LogP contribution in [0.1, 0.15) is 12.8 Å². The highest BCUT2D eigenvalue weighted by atomic mass is 16.7. The highest BCUT2D eigenvalue weighted by Gasteiger charge is 2.33. The summed E-state index contributed by atoms with van der Waals surface area (Å²) in [5.74, 6) is 0.875. The molecule has 1 heterocycles. The van der Waals surface area contributed by atoms with Gasteiger partial charge in [-0.3, -0.25) is 14.4 Å². The lowest BCUT2D eigenvalue weighted by Gasteiger charge is -2.20. The first-order valence-corrected chi connectivity index (χ1v) is 4.76. The molecule has 1 radical (unpaired) electrons. The van der Waals surface area contributed by atoms with E-state index in [-0.39, 0.29) is 18.4 Å². The molecular formula is C11H8NO4. The van der Waals surface area contributed by atoms with Crippen molar-refractivity contribution < 1.29 is 19.2 Å². The molecule has 0 aromatic rings. The normalized spacial score (nSPS) is 24.1. The van der Waals surface area contributed by atoms with Crippen LogP contribution in [-0.2, 0) is 19.2 Å². The summed E-state index contributed by atoms with van der Waals surface area (Å²) in [4.78, 5) is 38.3. The van der Waals surface area contributed by atoms with Crippen LogP contribution in [0.25, 0.3) is 0 Å². The van der Waals surface area contributed by atoms with Gasteiger partial charge in [-0.2, -0.15) is 5.06 Å². The zero-order chi connectivity index (χ0) is 11.5. The van der Waals surface area contributed by atoms with Crippen LogP contribution in [0.4, 0.5) is 0 Å². The minimum atomic E-state index is -0.770. The Hall–Kier alpha value is -1.97. The lowest BCUT2D eigenvalue weighted by molar-refractivity contribution is -0.192. The first-order valence-electron chi connectivity index (χ1n) is 4.76. The van der Waals surface area contributed by atoms with E-state index in [2.05, 4.69) is 6.08 Å². The number of nitrogens with zero attached hydrogens (tertiary/aromatic N) is 1. The molecule has 1 saturated heterocycles. The quantitative estimate of drug-likeness (QED) is 0.488. The van der Waals surface area contributed by atoms with Crippen LogP contribution in [0.2, 0.25) is 0 Å². The number of hydrogen-bond donors (Lipinski definition) is 0. The van der Waals surface area contributed by atoms with E-state index in [0.29, 0.717) is 5.06 Å². The van der Waals surface area contributed by atoms with Gasteiger partial charge in [0.25, 0.3) is 11.8 Å². The van der Waals surface area contributed by atoms with Crippen LogP contribution < -0.4 is 0 Å². The Balaban J connectivity index is 2.12. The number of amides is 2. The van der Waals surface area contributed by atoms with E-state index in [4.69, 9.17) is 4.84 Å². The zero-order valence-corrected chi connectivity index (χ0v) is 8.30. The molecule has 2 rings (SSSR count). The van der Waals surface area contributed by atoms with E-state index < -0.39 is 17.9 Å². The highest BCUT2D eigenvalue weighted by molar-refractivity contribution is 6.00. The summed E-state index contributed by atoms with van der Waals surface area (Å²) < 4.78 is 0. The Labute approximate surface area is 91.6 Å². The number of imide groups is 1. The highest BCUT2D eigenvalue weighted by Crippen LogP contribution is 2.18. The van der Waals surface area contributed by atoms with E-state index in [9.17, 15) is 14.4 Å². The minimum absolute atomic E-state index is 0.134. The van der Waals surface area contributed by atoms with Crippen LogP contribution in [0.5, 0.6) is 0 Å². The van der Waals surface area contributed by atoms with Gasteiger partial charge in [0.1, 0.15) is 12.0 Å². The van der Waals surface area contributed by atoms with Gasteiger partial charge >= 0.3 is 0 Å². The standard InChI is InChI=1S/C11H8NO4/c13-7-8-3-1-2-4-9(8)16-12-10(14)5-6-11(12)15/h1-2,4,9H,5-6H2. The topological polar surface area (TPSA) is 63.7 Å². The summed E-state index contributed by atoms with van der Waals surface area (Å²) in [5.41, 5.74) is 0.134. The predicted molar refractivity (Wildman–Crippen MR) is 52.1 cm³/mol. The van der Waals surface area contributed by atoms with Crippen LogP contribution in [0.15, 0.2) is 23.8 Å². The molecule has 1 aliphatic carbocycles. The van der Waals surface area contributed by atoms with Crippen molar-refractivity contribution in [3.05, 3.63) is 29.9 Å². The average molecular weight is 218 g/mol. The van der Waals surface area contributed by atoms with E-state index in [1.165, 1.54) is 6.08 Å². The molecule has 5 nitrogen and oxygen atoms in total. The van der Waals surface area contributed by atoms with Crippen LogP contribution in [0.3, 0.4) is 0 Å². The fourth-order valence-corrected chi connectivity index (χ4v) is 1.44. The van der Waals surface area contributed by atoms with E-state index >= 15 is 0 Å². The number of carbonyl (C=O) groups excluding carboxylic acids is 3. The molecular weight excluding hydrogens is 210 g/mol. The van der Waals surface area contributed by atoms with Crippen LogP contribution in [0, 0.1) is 6.08 Å². The van der Waals surface area contributed by atoms with Gasteiger partial charge < -0.3 is 0 Å². The zero-order valence-electron chi connectivity index (χ0n) is 8.30. The van der Waals surface area contributed by atoms with Gasteiger partial charge in [-0.15, -0.1) is 0 Å². The molecule has 0 aromatic carbocycles. The van der Waals surface area contributed by atoms with Crippen molar-refractivity contribution in [1.82, 2.24) is 5.06 Å². The molecule has 2 aliphatic rings. The number of hydrogen-bond acceptors (Lipinski definition) is 4. The Morgan fingerprint density at radius 1 is 1.38 bits per heavy atom. The largest absolute Gasteiger partial charge is 0.272 e. The Kier molecular flexibility index (Phi) is 2.81. The number of hydroxylamine groups is 2. The number of rotatable bonds is 2. The third kappa shape index (κ3) is 1.86. The molecule has 1 fully saturated rings. The summed E-state index contributed by atoms with van der Waals surface area (Å²) >= 11 is 0. The maximum Gasteiger partial charge on any atom is 0.254 e. The van der Waals surface area contributed by atoms with Gasteiger partial charge in [0.05, 0.1) is 5.57 Å². The monoisotopic (exact) mass is 218 g/mol. The molecule has 1 aliphatic heterocycles. The number of carbonyl (C=O) groups is 2. The first-order chi connectivity index (χ1) is 7.72. The van der Waals surface area contributed by atoms with Gasteiger partial charge in [-0.05, 0) is 6.08 Å². The molecule has 0 aromatic heterocycles. The maximum atomic E-state index is 11.3. The van der Waals surface area contributed by atoms with E-state index in [0.717, 1.165) is 0 Å². The van der Waals surface area contributed by atoms with Gasteiger partial charge in [-0.1, -0.05) is 12.2 Å². The molecule has 2 amide bonds. The SMILES string of the molecule is O=C=C1[C]=CC=CC1ON1C(=O)CCC1=O. The molecule has 5 heteroatoms. The molecule has 0 N–H and O–H groups in total. The fraction of sp³-hybridized carbons (Fsp3) is 0.273. The summed E-state index contributed by atoms with van der Waals surface area (Å²) in [6.07, 6.45) is 6.86. The van der Waals surface area contributed by atoms with Crippen molar-refractivity contribution in [1.29, 1.82) is 0 Å². The van der Waals surface area contributed by atoms with Crippen molar-refractivity contribution >= 4 is 17.8 Å². The smallest absolute Gasteiger partial charge is 0.254 e. The van der Waals surface area contributed by atoms with Crippen molar-refractivity contribution in [3.8, 4) is 0 Å². The van der Waals surface area contributed by atoms with Crippen molar-refractivity contribution in [3.63, 3.8) is 0 Å². The molecule has 1 atom stereocenters. The van der Waals surface area contributed by atoms with E-state index in [1.807, 2.05) is 0 Å². The third-order valence-corrected chi connectivity index (χ3v) is 2.24. The average Bonchev–Trinajstić information content (AvgIpc) is 2.61. The molecule has 0 bridgehead atoms. The summed E-state index contributed by atoms with van der Waals surface area (Å²) in [6.45, 7) is 0. The van der Waals surface area contributed by atoms with Gasteiger partial charge in [0, 0.05) is 18.9 Å². The van der Waals surface area contributed by atoms with E-state index in [1.54, 1.807) is 18.1 Å². The minimum Gasteiger partial charge on any atom is -0.272 e. The second-order valence-corrected chi connectivity index (χ2v) is 3.32. The summed E-state index contributed by atoms with van der Waals surface area (Å²) in [7, 11) is 0. The van der Waals surface area contributed by atoms with Crippen LogP contribution >= 0.6 is 0 Å². The van der Waals surface area contributed by atoms with Gasteiger partial charge in [0.2, 0.25) is 0 Å². The Morgan fingerprint density at radius 3 is 2.69 bits per heavy atom. The third-order valence-electron chi connectivity index (χ3n) is 2.24. The van der Waals surface area contributed by atoms with Crippen LogP contribution in [-0.4, -0.2) is 28.9 Å². The fourth-order valence-electron chi connectivity index (χ4n) is 1.44. The first kappa shape index (κ1) is 10.5. The summed E-state index contributed by atoms with van der Waals surface area (Å²) in [6, 6.07) is 0. The Morgan fingerprint density at radius 2 is 2.06 bits per heavy atom.